The van der Waals surface area contributed by atoms with Crippen LogP contribution in [0.5, 0.6) is 0 Å². The molecule has 0 amide bonds. The van der Waals surface area contributed by atoms with Crippen molar-refractivity contribution >= 4 is 23.4 Å². The summed E-state index contributed by atoms with van der Waals surface area (Å²) in [6.45, 7) is 0.624. The molecule has 1 rings (SSSR count). The summed E-state index contributed by atoms with van der Waals surface area (Å²) >= 11 is 1.54. The molecule has 0 saturated carbocycles. The lowest BCUT2D eigenvalue weighted by atomic mass is 10.1. The average molecular weight is 264 g/mol. The second kappa shape index (κ2) is 6.92. The Kier molecular flexibility index (Phi) is 5.53. The summed E-state index contributed by atoms with van der Waals surface area (Å²) in [5, 5.41) is 17.8. The highest BCUT2D eigenvalue weighted by Crippen LogP contribution is 2.28. The van der Waals surface area contributed by atoms with Gasteiger partial charge in [-0.3, -0.25) is 4.79 Å². The topological polar surface area (TPSA) is 64.3 Å². The molecule has 96 valence electrons. The summed E-state index contributed by atoms with van der Waals surface area (Å²) in [4.78, 5) is 13.3. The Labute approximate surface area is 111 Å². The van der Waals surface area contributed by atoms with Crippen LogP contribution in [-0.2, 0) is 4.79 Å². The summed E-state index contributed by atoms with van der Waals surface area (Å²) in [5.74, 6) is -0.790. The highest BCUT2D eigenvalue weighted by atomic mass is 32.2. The van der Waals surface area contributed by atoms with Gasteiger partial charge >= 0.3 is 5.97 Å². The molecule has 4 nitrogen and oxygen atoms in total. The minimum atomic E-state index is -0.790. The van der Waals surface area contributed by atoms with Crippen LogP contribution in [0.3, 0.4) is 0 Å². The first-order valence-corrected chi connectivity index (χ1v) is 6.82. The van der Waals surface area contributed by atoms with Crippen molar-refractivity contribution in [2.75, 3.05) is 24.7 Å². The minimum absolute atomic E-state index is 0.147. The number of benzene rings is 1. The van der Waals surface area contributed by atoms with E-state index in [1.807, 2.05) is 36.4 Å². The van der Waals surface area contributed by atoms with Gasteiger partial charge in [-0.1, -0.05) is 6.07 Å². The van der Waals surface area contributed by atoms with Crippen molar-refractivity contribution in [2.24, 2.45) is 0 Å². The number of carboxylic acid groups (broad SMARTS) is 1. The Bertz CT molecular complexity index is 469. The van der Waals surface area contributed by atoms with Gasteiger partial charge in [-0.2, -0.15) is 5.26 Å². The smallest absolute Gasteiger partial charge is 0.303 e. The van der Waals surface area contributed by atoms with Gasteiger partial charge in [0.2, 0.25) is 0 Å². The summed E-state index contributed by atoms with van der Waals surface area (Å²) < 4.78 is 0. The van der Waals surface area contributed by atoms with Crippen LogP contribution in [0.4, 0.5) is 5.69 Å². The van der Waals surface area contributed by atoms with E-state index in [-0.39, 0.29) is 6.42 Å². The molecule has 0 aliphatic carbocycles. The molecule has 0 heterocycles. The van der Waals surface area contributed by atoms with Crippen molar-refractivity contribution in [3.8, 4) is 6.07 Å². The van der Waals surface area contributed by atoms with Gasteiger partial charge in [-0.05, 0) is 24.8 Å². The molecule has 0 fully saturated rings. The van der Waals surface area contributed by atoms with Crippen LogP contribution in [0.2, 0.25) is 0 Å². The third-order valence-corrected chi connectivity index (χ3v) is 3.41. The molecule has 1 N–H and O–H groups in total. The van der Waals surface area contributed by atoms with Crippen LogP contribution in [0.1, 0.15) is 18.4 Å². The van der Waals surface area contributed by atoms with E-state index < -0.39 is 5.97 Å². The van der Waals surface area contributed by atoms with Gasteiger partial charge in [-0.25, -0.2) is 0 Å². The zero-order chi connectivity index (χ0) is 13.5. The maximum Gasteiger partial charge on any atom is 0.303 e. The lowest BCUT2D eigenvalue weighted by molar-refractivity contribution is -0.137. The molecule has 1 aromatic rings. The van der Waals surface area contributed by atoms with Gasteiger partial charge < -0.3 is 10.0 Å². The molecule has 0 saturated heterocycles. The molecule has 0 unspecified atom stereocenters. The van der Waals surface area contributed by atoms with Crippen LogP contribution >= 0.6 is 11.8 Å². The van der Waals surface area contributed by atoms with Gasteiger partial charge in [-0.15, -0.1) is 11.8 Å². The highest BCUT2D eigenvalue weighted by molar-refractivity contribution is 7.98. The average Bonchev–Trinajstić information content (AvgIpc) is 2.36. The number of nitriles is 1. The fraction of sp³-hybridized carbons (Fsp3) is 0.385. The number of aliphatic carboxylic acids is 1. The van der Waals surface area contributed by atoms with Crippen LogP contribution in [0, 0.1) is 11.3 Å². The summed E-state index contributed by atoms with van der Waals surface area (Å²) in [7, 11) is 1.88. The van der Waals surface area contributed by atoms with Crippen molar-refractivity contribution in [1.82, 2.24) is 0 Å². The van der Waals surface area contributed by atoms with Gasteiger partial charge in [0.05, 0.1) is 11.3 Å². The van der Waals surface area contributed by atoms with E-state index in [1.54, 1.807) is 0 Å². The Morgan fingerprint density at radius 1 is 1.56 bits per heavy atom. The molecule has 18 heavy (non-hydrogen) atoms. The van der Waals surface area contributed by atoms with Gasteiger partial charge in [0, 0.05) is 24.9 Å². The molecule has 0 spiro atoms. The van der Waals surface area contributed by atoms with E-state index in [0.717, 1.165) is 10.6 Å². The molecule has 0 aliphatic rings. The Hall–Kier alpha value is -1.67. The lowest BCUT2D eigenvalue weighted by Crippen LogP contribution is -2.20. The van der Waals surface area contributed by atoms with Crippen LogP contribution in [0.25, 0.3) is 0 Å². The molecule has 0 radical (unpaired) electrons. The predicted octanol–water partition coefficient (Wildman–Crippen LogP) is 2.58. The third kappa shape index (κ3) is 3.67. The molecule has 1 aromatic carbocycles. The number of hydrogen-bond donors (Lipinski definition) is 1. The normalized spacial score (nSPS) is 9.83. The maximum absolute atomic E-state index is 10.5. The minimum Gasteiger partial charge on any atom is -0.481 e. The van der Waals surface area contributed by atoms with Crippen LogP contribution < -0.4 is 4.90 Å². The van der Waals surface area contributed by atoms with E-state index in [9.17, 15) is 10.1 Å². The zero-order valence-electron chi connectivity index (χ0n) is 10.5. The fourth-order valence-electron chi connectivity index (χ4n) is 1.71. The maximum atomic E-state index is 10.5. The molecule has 0 atom stereocenters. The first-order valence-electron chi connectivity index (χ1n) is 5.60. The summed E-state index contributed by atoms with van der Waals surface area (Å²) in [6.07, 6.45) is 2.65. The summed E-state index contributed by atoms with van der Waals surface area (Å²) in [6, 6.07) is 7.93. The monoisotopic (exact) mass is 264 g/mol. The molecule has 0 aliphatic heterocycles. The number of anilines is 1. The van der Waals surface area contributed by atoms with Crippen molar-refractivity contribution in [3.05, 3.63) is 23.8 Å². The molecule has 0 aromatic heterocycles. The largest absolute Gasteiger partial charge is 0.481 e. The van der Waals surface area contributed by atoms with Crippen molar-refractivity contribution in [2.45, 2.75) is 17.7 Å². The molecular formula is C13H16N2O2S. The van der Waals surface area contributed by atoms with E-state index in [4.69, 9.17) is 5.11 Å². The van der Waals surface area contributed by atoms with Crippen molar-refractivity contribution in [3.63, 3.8) is 0 Å². The first-order chi connectivity index (χ1) is 8.60. The van der Waals surface area contributed by atoms with E-state index in [1.165, 1.54) is 11.8 Å². The van der Waals surface area contributed by atoms with Crippen LogP contribution in [0.15, 0.2) is 23.1 Å². The standard InChI is InChI=1S/C13H16N2O2S/c1-15(8-4-7-13(16)17)11-5-3-6-12(18-2)10(11)9-14/h3,5-6H,4,7-8H2,1-2H3,(H,16,17). The van der Waals surface area contributed by atoms with Crippen LogP contribution in [-0.4, -0.2) is 30.9 Å². The quantitative estimate of drug-likeness (QED) is 0.800. The predicted molar refractivity (Wildman–Crippen MR) is 73.1 cm³/mol. The second-order valence-electron chi connectivity index (χ2n) is 3.89. The second-order valence-corrected chi connectivity index (χ2v) is 4.73. The van der Waals surface area contributed by atoms with E-state index >= 15 is 0 Å². The summed E-state index contributed by atoms with van der Waals surface area (Å²) in [5.41, 5.74) is 1.51. The number of rotatable bonds is 6. The number of hydrogen-bond acceptors (Lipinski definition) is 4. The van der Waals surface area contributed by atoms with Gasteiger partial charge in [0.15, 0.2) is 0 Å². The number of carbonyl (C=O) groups is 1. The fourth-order valence-corrected chi connectivity index (χ4v) is 2.28. The van der Waals surface area contributed by atoms with E-state index in [0.29, 0.717) is 18.5 Å². The highest BCUT2D eigenvalue weighted by Gasteiger charge is 2.11. The van der Waals surface area contributed by atoms with E-state index in [2.05, 4.69) is 6.07 Å². The molecule has 0 bridgehead atoms. The van der Waals surface area contributed by atoms with Crippen molar-refractivity contribution in [1.29, 1.82) is 5.26 Å². The third-order valence-electron chi connectivity index (χ3n) is 2.63. The Balaban J connectivity index is 2.82. The SMILES string of the molecule is CSc1cccc(N(C)CCCC(=O)O)c1C#N. The Morgan fingerprint density at radius 2 is 2.28 bits per heavy atom. The number of nitrogens with zero attached hydrogens (tertiary/aromatic N) is 2. The Morgan fingerprint density at radius 3 is 2.83 bits per heavy atom. The number of thioether (sulfide) groups is 1. The number of carboxylic acids is 1. The van der Waals surface area contributed by atoms with Crippen molar-refractivity contribution < 1.29 is 9.90 Å². The molecular weight excluding hydrogens is 248 g/mol. The van der Waals surface area contributed by atoms with Gasteiger partial charge in [0.1, 0.15) is 6.07 Å². The zero-order valence-corrected chi connectivity index (χ0v) is 11.3. The molecule has 5 heteroatoms. The van der Waals surface area contributed by atoms with Gasteiger partial charge in [0.25, 0.3) is 0 Å². The lowest BCUT2D eigenvalue weighted by Gasteiger charge is -2.21. The first kappa shape index (κ1) is 14.4.